The minimum atomic E-state index is -0.607. The van der Waals surface area contributed by atoms with E-state index < -0.39 is 12.1 Å². The Kier molecular flexibility index (Phi) is 6.99. The van der Waals surface area contributed by atoms with E-state index >= 15 is 0 Å². The number of nitrogens with one attached hydrogen (secondary N) is 2. The summed E-state index contributed by atoms with van der Waals surface area (Å²) in [5.41, 5.74) is 0. The summed E-state index contributed by atoms with van der Waals surface area (Å²) in [6.07, 6.45) is 4.13. The smallest absolute Gasteiger partial charge is 0.410 e. The molecule has 1 aromatic rings. The van der Waals surface area contributed by atoms with Crippen molar-refractivity contribution in [2.75, 3.05) is 25.6 Å². The Morgan fingerprint density at radius 3 is 2.76 bits per heavy atom. The summed E-state index contributed by atoms with van der Waals surface area (Å²) >= 11 is 0. The van der Waals surface area contributed by atoms with E-state index in [1.807, 2.05) is 0 Å². The van der Waals surface area contributed by atoms with Gasteiger partial charge in [0, 0.05) is 13.0 Å². The molecule has 2 amide bonds. The summed E-state index contributed by atoms with van der Waals surface area (Å²) in [5, 5.41) is 15.7. The van der Waals surface area contributed by atoms with E-state index in [4.69, 9.17) is 9.47 Å². The van der Waals surface area contributed by atoms with Crippen LogP contribution in [0.4, 0.5) is 10.7 Å². The fourth-order valence-electron chi connectivity index (χ4n) is 4.53. The number of carbonyl (C=O) groups excluding carboxylic acids is 3. The molecule has 2 fully saturated rings. The number of fused-ring (bicyclic) bond motifs is 1. The molecule has 0 unspecified atom stereocenters. The molecule has 2 N–H and O–H groups in total. The van der Waals surface area contributed by atoms with Crippen LogP contribution in [0.3, 0.4) is 0 Å². The summed E-state index contributed by atoms with van der Waals surface area (Å²) in [6, 6.07) is -0.607. The van der Waals surface area contributed by atoms with Gasteiger partial charge >= 0.3 is 12.1 Å². The number of methoxy groups -OCH3 is 1. The number of piperidine rings is 1. The monoisotopic (exact) mass is 408 g/mol. The van der Waals surface area contributed by atoms with Crippen molar-refractivity contribution < 1.29 is 23.9 Å². The van der Waals surface area contributed by atoms with Gasteiger partial charge < -0.3 is 9.47 Å². The van der Waals surface area contributed by atoms with Gasteiger partial charge in [0.05, 0.1) is 13.7 Å². The number of aromatic amines is 1. The molecule has 2 heterocycles. The molecule has 0 bridgehead atoms. The van der Waals surface area contributed by atoms with Gasteiger partial charge in [0.2, 0.25) is 5.91 Å². The van der Waals surface area contributed by atoms with Gasteiger partial charge in [-0.2, -0.15) is 5.21 Å². The average Bonchev–Trinajstić information content (AvgIpc) is 3.23. The molecule has 11 heteroatoms. The first kappa shape index (κ1) is 21.0. The van der Waals surface area contributed by atoms with Crippen LogP contribution in [0.15, 0.2) is 0 Å². The van der Waals surface area contributed by atoms with Crippen molar-refractivity contribution in [1.82, 2.24) is 25.5 Å². The van der Waals surface area contributed by atoms with Gasteiger partial charge in [-0.15, -0.1) is 5.10 Å². The minimum absolute atomic E-state index is 0.140. The van der Waals surface area contributed by atoms with Gasteiger partial charge in [0.25, 0.3) is 5.95 Å². The molecular weight excluding hydrogens is 380 g/mol. The van der Waals surface area contributed by atoms with Gasteiger partial charge in [0.1, 0.15) is 6.04 Å². The molecule has 0 spiro atoms. The molecule has 1 aliphatic heterocycles. The highest BCUT2D eigenvalue weighted by Crippen LogP contribution is 2.42. The summed E-state index contributed by atoms with van der Waals surface area (Å²) < 4.78 is 10.1. The van der Waals surface area contributed by atoms with E-state index in [2.05, 4.69) is 25.9 Å². The number of nitrogens with zero attached hydrogens (tertiary/aromatic N) is 4. The number of carbonyl (C=O) groups is 3. The summed E-state index contributed by atoms with van der Waals surface area (Å²) in [4.78, 5) is 38.1. The molecule has 1 saturated heterocycles. The Morgan fingerprint density at radius 1 is 1.24 bits per heavy atom. The molecule has 2 aliphatic rings. The van der Waals surface area contributed by atoms with Crippen LogP contribution in [-0.2, 0) is 19.1 Å². The van der Waals surface area contributed by atoms with Gasteiger partial charge in [-0.3, -0.25) is 15.0 Å². The maximum atomic E-state index is 12.4. The zero-order valence-electron chi connectivity index (χ0n) is 16.8. The van der Waals surface area contributed by atoms with Crippen molar-refractivity contribution in [2.24, 2.45) is 17.8 Å². The predicted octanol–water partition coefficient (Wildman–Crippen LogP) is 1.35. The number of hydrogen-bond acceptors (Lipinski definition) is 8. The largest absolute Gasteiger partial charge is 0.464 e. The van der Waals surface area contributed by atoms with E-state index in [9.17, 15) is 14.4 Å². The maximum absolute atomic E-state index is 12.4. The Morgan fingerprint density at radius 2 is 2.07 bits per heavy atom. The summed E-state index contributed by atoms with van der Waals surface area (Å²) in [6.45, 7) is 2.53. The molecule has 0 aromatic carbocycles. The van der Waals surface area contributed by atoms with Crippen LogP contribution in [0.1, 0.15) is 45.4 Å². The number of tetrazole rings is 1. The summed E-state index contributed by atoms with van der Waals surface area (Å²) in [7, 11) is 1.33. The molecule has 1 saturated carbocycles. The second kappa shape index (κ2) is 9.66. The molecule has 0 radical (unpaired) electrons. The Labute approximate surface area is 168 Å². The summed E-state index contributed by atoms with van der Waals surface area (Å²) in [5.74, 6) is 0.718. The first-order valence-electron chi connectivity index (χ1n) is 10.1. The zero-order valence-corrected chi connectivity index (χ0v) is 16.8. The third-order valence-electron chi connectivity index (χ3n) is 5.93. The van der Waals surface area contributed by atoms with Crippen molar-refractivity contribution in [2.45, 2.75) is 51.5 Å². The quantitative estimate of drug-likeness (QED) is 0.673. The van der Waals surface area contributed by atoms with Crippen molar-refractivity contribution >= 4 is 23.9 Å². The Bertz CT molecular complexity index is 712. The minimum Gasteiger partial charge on any atom is -0.464 e. The van der Waals surface area contributed by atoms with Crippen LogP contribution in [0.25, 0.3) is 0 Å². The molecule has 160 valence electrons. The molecule has 29 heavy (non-hydrogen) atoms. The zero-order chi connectivity index (χ0) is 20.8. The lowest BCUT2D eigenvalue weighted by Crippen LogP contribution is -2.55. The highest BCUT2D eigenvalue weighted by atomic mass is 16.6. The molecule has 1 aromatic heterocycles. The number of esters is 1. The number of aromatic nitrogens is 4. The standard InChI is InChI=1S/C18H28N6O5/c1-3-29-16(26)14-9-13-8-11(4-6-12(13)10-24(14)18(27)28-2)5-7-15(25)19-17-20-22-23-21-17/h11-14H,3-10H2,1-2H3,(H2,19,20,21,22,23,25)/t11-,12+,13-,14+/m1/s1. The molecule has 11 nitrogen and oxygen atoms in total. The van der Waals surface area contributed by atoms with Gasteiger partial charge in [-0.05, 0) is 55.6 Å². The van der Waals surface area contributed by atoms with Gasteiger partial charge in [0.15, 0.2) is 0 Å². The van der Waals surface area contributed by atoms with Gasteiger partial charge in [-0.1, -0.05) is 11.5 Å². The second-order valence-corrected chi connectivity index (χ2v) is 7.65. The van der Waals surface area contributed by atoms with Crippen LogP contribution in [0, 0.1) is 17.8 Å². The van der Waals surface area contributed by atoms with E-state index in [1.165, 1.54) is 12.0 Å². The van der Waals surface area contributed by atoms with E-state index in [0.29, 0.717) is 37.1 Å². The Balaban J connectivity index is 1.55. The topological polar surface area (TPSA) is 139 Å². The van der Waals surface area contributed by atoms with E-state index in [0.717, 1.165) is 25.7 Å². The predicted molar refractivity (Wildman–Crippen MR) is 101 cm³/mol. The first-order chi connectivity index (χ1) is 14.0. The number of anilines is 1. The third-order valence-corrected chi connectivity index (χ3v) is 5.93. The molecule has 3 rings (SSSR count). The van der Waals surface area contributed by atoms with Crippen LogP contribution in [-0.4, -0.2) is 69.8 Å². The number of H-pyrrole nitrogens is 1. The van der Waals surface area contributed by atoms with Crippen LogP contribution in [0.5, 0.6) is 0 Å². The molecular formula is C18H28N6O5. The SMILES string of the molecule is CCOC(=O)[C@@H]1C[C@H]2C[C@@H](CCC(=O)Nc3nn[nH]n3)CC[C@H]2CN1C(=O)OC. The highest BCUT2D eigenvalue weighted by molar-refractivity contribution is 5.88. The first-order valence-corrected chi connectivity index (χ1v) is 10.1. The number of ether oxygens (including phenoxy) is 2. The van der Waals surface area contributed by atoms with Crippen LogP contribution in [0.2, 0.25) is 0 Å². The Hall–Kier alpha value is -2.72. The van der Waals surface area contributed by atoms with Crippen molar-refractivity contribution in [1.29, 1.82) is 0 Å². The number of amides is 2. The van der Waals surface area contributed by atoms with Crippen LogP contribution < -0.4 is 5.32 Å². The lowest BCUT2D eigenvalue weighted by Gasteiger charge is -2.46. The fourth-order valence-corrected chi connectivity index (χ4v) is 4.53. The third kappa shape index (κ3) is 5.21. The number of hydrogen-bond donors (Lipinski definition) is 2. The van der Waals surface area contributed by atoms with Gasteiger partial charge in [-0.25, -0.2) is 9.59 Å². The average molecular weight is 408 g/mol. The normalized spacial score (nSPS) is 26.3. The highest BCUT2D eigenvalue weighted by Gasteiger charge is 2.44. The maximum Gasteiger partial charge on any atom is 0.410 e. The van der Waals surface area contributed by atoms with Crippen LogP contribution >= 0.6 is 0 Å². The fraction of sp³-hybridized carbons (Fsp3) is 0.778. The van der Waals surface area contributed by atoms with Crippen molar-refractivity contribution in [3.8, 4) is 0 Å². The lowest BCUT2D eigenvalue weighted by atomic mass is 9.68. The molecule has 4 atom stereocenters. The number of rotatable bonds is 6. The van der Waals surface area contributed by atoms with Crippen molar-refractivity contribution in [3.05, 3.63) is 0 Å². The molecule has 1 aliphatic carbocycles. The van der Waals surface area contributed by atoms with E-state index in [-0.39, 0.29) is 24.4 Å². The van der Waals surface area contributed by atoms with Crippen molar-refractivity contribution in [3.63, 3.8) is 0 Å². The van der Waals surface area contributed by atoms with E-state index in [1.54, 1.807) is 6.92 Å². The lowest BCUT2D eigenvalue weighted by molar-refractivity contribution is -0.152. The number of likely N-dealkylation sites (tertiary alicyclic amines) is 1. The second-order valence-electron chi connectivity index (χ2n) is 7.65.